The minimum Gasteiger partial charge on any atom is -0.377 e. The van der Waals surface area contributed by atoms with Crippen LogP contribution >= 0.6 is 0 Å². The van der Waals surface area contributed by atoms with E-state index in [1.54, 1.807) is 0 Å². The maximum absolute atomic E-state index is 11.7. The molecule has 5 heteroatoms. The third-order valence-electron chi connectivity index (χ3n) is 4.08. The van der Waals surface area contributed by atoms with Gasteiger partial charge in [0.1, 0.15) is 0 Å². The number of carbonyl (C=O) groups excluding carboxylic acids is 1. The fourth-order valence-corrected chi connectivity index (χ4v) is 2.89. The van der Waals surface area contributed by atoms with Crippen LogP contribution in [0.25, 0.3) is 0 Å². The average Bonchev–Trinajstić information content (AvgIpc) is 2.93. The lowest BCUT2D eigenvalue weighted by atomic mass is 10.1. The van der Waals surface area contributed by atoms with E-state index in [1.807, 2.05) is 11.9 Å². The van der Waals surface area contributed by atoms with Crippen molar-refractivity contribution in [3.05, 3.63) is 0 Å². The second kappa shape index (κ2) is 7.82. The average molecular weight is 269 g/mol. The van der Waals surface area contributed by atoms with E-state index >= 15 is 0 Å². The molecule has 2 aliphatic rings. The first-order valence-corrected chi connectivity index (χ1v) is 7.56. The summed E-state index contributed by atoms with van der Waals surface area (Å²) in [6.07, 6.45) is 4.99. The number of nitrogens with zero attached hydrogens (tertiary/aromatic N) is 2. The van der Waals surface area contributed by atoms with Gasteiger partial charge in [0, 0.05) is 19.6 Å². The first kappa shape index (κ1) is 14.8. The third kappa shape index (κ3) is 4.75. The number of ether oxygens (including phenoxy) is 1. The normalized spacial score (nSPS) is 22.1. The van der Waals surface area contributed by atoms with E-state index in [2.05, 4.69) is 10.2 Å². The Morgan fingerprint density at radius 3 is 2.53 bits per heavy atom. The topological polar surface area (TPSA) is 44.8 Å². The molecule has 1 N–H and O–H groups in total. The second-order valence-corrected chi connectivity index (χ2v) is 5.53. The molecule has 0 aromatic carbocycles. The highest BCUT2D eigenvalue weighted by Gasteiger charge is 2.22. The monoisotopic (exact) mass is 269 g/mol. The summed E-state index contributed by atoms with van der Waals surface area (Å²) in [6, 6.07) is 0. The van der Waals surface area contributed by atoms with E-state index in [0.717, 1.165) is 39.1 Å². The quantitative estimate of drug-likeness (QED) is 0.754. The van der Waals surface area contributed by atoms with Gasteiger partial charge in [-0.05, 0) is 45.8 Å². The van der Waals surface area contributed by atoms with E-state index < -0.39 is 0 Å². The number of hydrogen-bond acceptors (Lipinski definition) is 4. The summed E-state index contributed by atoms with van der Waals surface area (Å²) < 4.78 is 5.94. The van der Waals surface area contributed by atoms with Crippen LogP contribution in [0.1, 0.15) is 25.7 Å². The van der Waals surface area contributed by atoms with E-state index in [1.165, 1.54) is 25.9 Å². The first-order valence-electron chi connectivity index (χ1n) is 7.56. The van der Waals surface area contributed by atoms with Gasteiger partial charge in [-0.1, -0.05) is 0 Å². The Kier molecular flexibility index (Phi) is 6.07. The van der Waals surface area contributed by atoms with Gasteiger partial charge in [0.05, 0.1) is 19.3 Å². The van der Waals surface area contributed by atoms with Crippen LogP contribution in [0.15, 0.2) is 0 Å². The summed E-state index contributed by atoms with van der Waals surface area (Å²) in [7, 11) is 1.81. The lowest BCUT2D eigenvalue weighted by Crippen LogP contribution is -2.44. The number of rotatable bonds is 6. The van der Waals surface area contributed by atoms with Crippen molar-refractivity contribution in [3.8, 4) is 0 Å². The molecule has 0 spiro atoms. The molecule has 0 saturated carbocycles. The number of hydrogen-bond donors (Lipinski definition) is 1. The molecular weight excluding hydrogens is 242 g/mol. The lowest BCUT2D eigenvalue weighted by Gasteiger charge is -2.32. The molecule has 2 rings (SSSR count). The third-order valence-corrected chi connectivity index (χ3v) is 4.08. The van der Waals surface area contributed by atoms with Gasteiger partial charge in [0.2, 0.25) is 5.91 Å². The van der Waals surface area contributed by atoms with Crippen molar-refractivity contribution < 1.29 is 9.53 Å². The maximum Gasteiger partial charge on any atom is 0.236 e. The highest BCUT2D eigenvalue weighted by molar-refractivity contribution is 5.78. The van der Waals surface area contributed by atoms with Crippen molar-refractivity contribution in [2.75, 3.05) is 52.9 Å². The maximum atomic E-state index is 11.7. The minimum atomic E-state index is 0.206. The smallest absolute Gasteiger partial charge is 0.236 e. The Labute approximate surface area is 116 Å². The minimum absolute atomic E-state index is 0.206. The van der Waals surface area contributed by atoms with Crippen LogP contribution in [-0.4, -0.2) is 74.7 Å². The first-order chi connectivity index (χ1) is 9.29. The summed E-state index contributed by atoms with van der Waals surface area (Å²) >= 11 is 0. The summed E-state index contributed by atoms with van der Waals surface area (Å²) in [5.41, 5.74) is 0. The highest BCUT2D eigenvalue weighted by atomic mass is 16.5. The second-order valence-electron chi connectivity index (χ2n) is 5.53. The molecule has 0 aromatic heterocycles. The highest BCUT2D eigenvalue weighted by Crippen LogP contribution is 2.14. The van der Waals surface area contributed by atoms with Crippen LogP contribution in [0.5, 0.6) is 0 Å². The number of likely N-dealkylation sites (tertiary alicyclic amines) is 2. The molecule has 2 aliphatic heterocycles. The van der Waals surface area contributed by atoms with Gasteiger partial charge < -0.3 is 19.9 Å². The van der Waals surface area contributed by atoms with Crippen molar-refractivity contribution >= 4 is 5.91 Å². The van der Waals surface area contributed by atoms with Crippen LogP contribution < -0.4 is 5.32 Å². The molecule has 0 bridgehead atoms. The molecule has 0 aromatic rings. The Balaban J connectivity index is 1.56. The van der Waals surface area contributed by atoms with Crippen molar-refractivity contribution in [2.24, 2.45) is 0 Å². The molecule has 110 valence electrons. The lowest BCUT2D eigenvalue weighted by molar-refractivity contribution is -0.132. The van der Waals surface area contributed by atoms with E-state index in [9.17, 15) is 4.79 Å². The van der Waals surface area contributed by atoms with E-state index in [4.69, 9.17) is 4.74 Å². The molecule has 0 unspecified atom stereocenters. The van der Waals surface area contributed by atoms with Gasteiger partial charge in [-0.3, -0.25) is 4.79 Å². The van der Waals surface area contributed by atoms with Crippen molar-refractivity contribution in [3.63, 3.8) is 0 Å². The van der Waals surface area contributed by atoms with Crippen molar-refractivity contribution in [1.29, 1.82) is 0 Å². The van der Waals surface area contributed by atoms with Gasteiger partial charge in [-0.15, -0.1) is 0 Å². The zero-order valence-electron chi connectivity index (χ0n) is 12.1. The zero-order chi connectivity index (χ0) is 13.5. The van der Waals surface area contributed by atoms with Gasteiger partial charge in [0.25, 0.3) is 0 Å². The predicted molar refractivity (Wildman–Crippen MR) is 75.2 cm³/mol. The van der Waals surface area contributed by atoms with Crippen LogP contribution in [0.4, 0.5) is 0 Å². The fraction of sp³-hybridized carbons (Fsp3) is 0.929. The molecule has 19 heavy (non-hydrogen) atoms. The molecule has 0 aliphatic carbocycles. The molecule has 2 heterocycles. The zero-order valence-corrected chi connectivity index (χ0v) is 12.1. The Hall–Kier alpha value is -0.650. The summed E-state index contributed by atoms with van der Waals surface area (Å²) in [5.74, 6) is 0.206. The molecule has 1 amide bonds. The summed E-state index contributed by atoms with van der Waals surface area (Å²) in [5, 5.41) is 2.91. The van der Waals surface area contributed by atoms with Crippen LogP contribution in [0.3, 0.4) is 0 Å². The molecule has 5 nitrogen and oxygen atoms in total. The van der Waals surface area contributed by atoms with Crippen LogP contribution in [0, 0.1) is 0 Å². The SMILES string of the molecule is CNCC(=O)N1CCC(OCCN2CCCC2)CC1. The van der Waals surface area contributed by atoms with Crippen molar-refractivity contribution in [1.82, 2.24) is 15.1 Å². The summed E-state index contributed by atoms with van der Waals surface area (Å²) in [6.45, 7) is 6.51. The number of piperidine rings is 1. The van der Waals surface area contributed by atoms with Gasteiger partial charge >= 0.3 is 0 Å². The van der Waals surface area contributed by atoms with Crippen molar-refractivity contribution in [2.45, 2.75) is 31.8 Å². The largest absolute Gasteiger partial charge is 0.377 e. The van der Waals surface area contributed by atoms with E-state index in [-0.39, 0.29) is 5.91 Å². The summed E-state index contributed by atoms with van der Waals surface area (Å²) in [4.78, 5) is 16.1. The Morgan fingerprint density at radius 2 is 1.89 bits per heavy atom. The van der Waals surface area contributed by atoms with Gasteiger partial charge in [-0.25, -0.2) is 0 Å². The number of likely N-dealkylation sites (N-methyl/N-ethyl adjacent to an activating group) is 1. The van der Waals surface area contributed by atoms with Crippen LogP contribution in [0.2, 0.25) is 0 Å². The fourth-order valence-electron chi connectivity index (χ4n) is 2.89. The van der Waals surface area contributed by atoms with Crippen LogP contribution in [-0.2, 0) is 9.53 Å². The number of nitrogens with one attached hydrogen (secondary N) is 1. The number of amides is 1. The Morgan fingerprint density at radius 1 is 1.21 bits per heavy atom. The molecule has 2 fully saturated rings. The van der Waals surface area contributed by atoms with Gasteiger partial charge in [-0.2, -0.15) is 0 Å². The molecule has 0 radical (unpaired) electrons. The van der Waals surface area contributed by atoms with E-state index in [0.29, 0.717) is 12.6 Å². The standard InChI is InChI=1S/C14H27N3O2/c1-15-12-14(18)17-8-4-13(5-9-17)19-11-10-16-6-2-3-7-16/h13,15H,2-12H2,1H3. The van der Waals surface area contributed by atoms with Gasteiger partial charge in [0.15, 0.2) is 0 Å². The number of carbonyl (C=O) groups is 1. The predicted octanol–water partition coefficient (Wildman–Crippen LogP) is 0.309. The Bertz CT molecular complexity index is 272. The molecule has 2 saturated heterocycles. The molecule has 0 atom stereocenters. The molecular formula is C14H27N3O2.